The van der Waals surface area contributed by atoms with Gasteiger partial charge in [-0.25, -0.2) is 44.7 Å². The van der Waals surface area contributed by atoms with E-state index in [0.29, 0.717) is 40.2 Å². The van der Waals surface area contributed by atoms with Crippen LogP contribution in [0.3, 0.4) is 0 Å². The van der Waals surface area contributed by atoms with Gasteiger partial charge in [0.05, 0.1) is 26.6 Å². The van der Waals surface area contributed by atoms with Crippen molar-refractivity contribution in [1.82, 2.24) is 27.9 Å². The maximum absolute atomic E-state index is 13.6. The molecule has 14 heteroatoms. The summed E-state index contributed by atoms with van der Waals surface area (Å²) in [4.78, 5) is 22.6. The molecule has 1 aliphatic rings. The van der Waals surface area contributed by atoms with E-state index in [2.05, 4.69) is 36.7 Å². The minimum absolute atomic E-state index is 0.0257. The largest absolute Gasteiger partial charge is 0.354 e. The summed E-state index contributed by atoms with van der Waals surface area (Å²) in [5.41, 5.74) is 2.55. The molecule has 1 fully saturated rings. The van der Waals surface area contributed by atoms with Crippen LogP contribution in [-0.2, 0) is 20.0 Å². The highest BCUT2D eigenvalue weighted by Crippen LogP contribution is 2.34. The zero-order valence-electron chi connectivity index (χ0n) is 26.4. The van der Waals surface area contributed by atoms with Crippen molar-refractivity contribution < 1.29 is 16.8 Å². The topological polar surface area (TPSA) is 136 Å². The van der Waals surface area contributed by atoms with Gasteiger partial charge in [0.15, 0.2) is 11.3 Å². The first-order valence-corrected chi connectivity index (χ1v) is 18.1. The number of aromatic nitrogens is 6. The average molecular weight is 671 g/mol. The van der Waals surface area contributed by atoms with E-state index in [0.717, 1.165) is 24.1 Å². The lowest BCUT2D eigenvalue weighted by Crippen LogP contribution is -2.51. The summed E-state index contributed by atoms with van der Waals surface area (Å²) in [7, 11) is -5.78. The summed E-state index contributed by atoms with van der Waals surface area (Å²) in [5, 5.41) is 1.26. The van der Waals surface area contributed by atoms with Gasteiger partial charge in [-0.3, -0.25) is 0 Å². The fraction of sp³-hybridized carbons (Fsp3) is 0.273. The second-order valence-electron chi connectivity index (χ2n) is 12.1. The van der Waals surface area contributed by atoms with E-state index in [4.69, 9.17) is 0 Å². The van der Waals surface area contributed by atoms with E-state index in [1.165, 1.54) is 33.0 Å². The summed E-state index contributed by atoms with van der Waals surface area (Å²) in [6.45, 7) is 7.30. The monoisotopic (exact) mass is 670 g/mol. The number of anilines is 2. The summed E-state index contributed by atoms with van der Waals surface area (Å²) < 4.78 is 56.6. The molecule has 5 heterocycles. The van der Waals surface area contributed by atoms with Gasteiger partial charge in [0.2, 0.25) is 0 Å². The van der Waals surface area contributed by atoms with E-state index >= 15 is 0 Å². The molecular weight excluding hydrogens is 637 g/mol. The molecule has 2 atom stereocenters. The van der Waals surface area contributed by atoms with Crippen LogP contribution in [0.4, 0.5) is 11.6 Å². The Morgan fingerprint density at radius 1 is 0.702 bits per heavy atom. The van der Waals surface area contributed by atoms with E-state index in [1.807, 2.05) is 20.9 Å². The average Bonchev–Trinajstić information content (AvgIpc) is 3.71. The SMILES string of the molecule is Cc1ccc(S(=O)(=O)n2ccc3c(N4CC[C@@H](C)[C@@H](N(C)c5ncnc6c5ccn6S(=O)(=O)c5ccc(C)cc5)C4)ncnc32)cc1. The first kappa shape index (κ1) is 30.8. The molecule has 0 N–H and O–H groups in total. The number of fused-ring (bicyclic) bond motifs is 2. The second kappa shape index (κ2) is 11.5. The van der Waals surface area contributed by atoms with Crippen molar-refractivity contribution in [3.05, 3.63) is 96.8 Å². The third-order valence-corrected chi connectivity index (χ3v) is 12.4. The Kier molecular flexibility index (Phi) is 7.51. The molecule has 12 nitrogen and oxygen atoms in total. The number of aryl methyl sites for hydroxylation is 2. The van der Waals surface area contributed by atoms with Crippen LogP contribution >= 0.6 is 0 Å². The van der Waals surface area contributed by atoms with Crippen LogP contribution in [0.2, 0.25) is 0 Å². The van der Waals surface area contributed by atoms with Crippen LogP contribution in [0.25, 0.3) is 22.1 Å². The minimum Gasteiger partial charge on any atom is -0.354 e. The molecule has 2 aromatic carbocycles. The van der Waals surface area contributed by atoms with Gasteiger partial charge in [-0.1, -0.05) is 42.3 Å². The normalized spacial score (nSPS) is 17.4. The molecule has 4 aromatic heterocycles. The molecule has 0 amide bonds. The van der Waals surface area contributed by atoms with E-state index < -0.39 is 20.0 Å². The van der Waals surface area contributed by atoms with Crippen molar-refractivity contribution >= 4 is 53.7 Å². The zero-order chi connectivity index (χ0) is 33.1. The summed E-state index contributed by atoms with van der Waals surface area (Å²) in [6.07, 6.45) is 6.70. The fourth-order valence-electron chi connectivity index (χ4n) is 6.30. The van der Waals surface area contributed by atoms with Crippen LogP contribution in [0, 0.1) is 19.8 Å². The van der Waals surface area contributed by atoms with E-state index in [1.54, 1.807) is 60.7 Å². The van der Waals surface area contributed by atoms with Gasteiger partial charge in [-0.15, -0.1) is 0 Å². The van der Waals surface area contributed by atoms with Gasteiger partial charge in [0, 0.05) is 32.5 Å². The van der Waals surface area contributed by atoms with Crippen molar-refractivity contribution in [2.24, 2.45) is 5.92 Å². The number of likely N-dealkylation sites (N-methyl/N-ethyl adjacent to an activating group) is 1. The Bertz CT molecular complexity index is 2330. The van der Waals surface area contributed by atoms with Crippen LogP contribution in [0.15, 0.2) is 95.5 Å². The van der Waals surface area contributed by atoms with Gasteiger partial charge >= 0.3 is 0 Å². The highest BCUT2D eigenvalue weighted by Gasteiger charge is 2.33. The lowest BCUT2D eigenvalue weighted by atomic mass is 9.92. The quantitative estimate of drug-likeness (QED) is 0.237. The number of nitrogens with zero attached hydrogens (tertiary/aromatic N) is 8. The Morgan fingerprint density at radius 2 is 1.21 bits per heavy atom. The number of rotatable bonds is 7. The Balaban J connectivity index is 1.21. The van der Waals surface area contributed by atoms with Crippen LogP contribution < -0.4 is 9.80 Å². The molecule has 0 unspecified atom stereocenters. The van der Waals surface area contributed by atoms with Crippen LogP contribution in [0.5, 0.6) is 0 Å². The predicted molar refractivity (Wildman–Crippen MR) is 181 cm³/mol. The first-order chi connectivity index (χ1) is 22.5. The molecule has 1 aliphatic heterocycles. The van der Waals surface area contributed by atoms with Crippen molar-refractivity contribution in [3.8, 4) is 0 Å². The third kappa shape index (κ3) is 5.21. The maximum atomic E-state index is 13.6. The predicted octanol–water partition coefficient (Wildman–Crippen LogP) is 4.62. The molecule has 0 aliphatic carbocycles. The summed E-state index contributed by atoms with van der Waals surface area (Å²) in [5.74, 6) is 1.54. The molecule has 0 radical (unpaired) electrons. The molecule has 0 bridgehead atoms. The van der Waals surface area contributed by atoms with E-state index in [9.17, 15) is 16.8 Å². The number of benzene rings is 2. The molecule has 1 saturated heterocycles. The maximum Gasteiger partial charge on any atom is 0.269 e. The zero-order valence-corrected chi connectivity index (χ0v) is 28.0. The molecular formula is C33H34N8O4S2. The van der Waals surface area contributed by atoms with Crippen molar-refractivity contribution in [1.29, 1.82) is 0 Å². The van der Waals surface area contributed by atoms with E-state index in [-0.39, 0.29) is 21.8 Å². The highest BCUT2D eigenvalue weighted by molar-refractivity contribution is 7.90. The number of hydrogen-bond acceptors (Lipinski definition) is 10. The minimum atomic E-state index is -3.87. The first-order valence-electron chi connectivity index (χ1n) is 15.2. The van der Waals surface area contributed by atoms with Gasteiger partial charge in [0.1, 0.15) is 24.3 Å². The lowest BCUT2D eigenvalue weighted by molar-refractivity contribution is 0.366. The standard InChI is InChI=1S/C33H34N8O4S2/c1-22-5-9-25(10-6-22)46(42,43)40-17-14-27-30(34-20-36-32(27)40)38(4)29-19-39(16-13-24(29)3)31-28-15-18-41(33(28)37-21-35-31)47(44,45)26-11-7-23(2)8-12-26/h5-12,14-15,17-18,20-21,24,29H,13,16,19H2,1-4H3/t24-,29+/m1/s1. The Morgan fingerprint density at radius 3 is 1.79 bits per heavy atom. The Hall–Kier alpha value is -4.82. The van der Waals surface area contributed by atoms with Gasteiger partial charge in [0.25, 0.3) is 20.0 Å². The molecule has 47 heavy (non-hydrogen) atoms. The van der Waals surface area contributed by atoms with Crippen molar-refractivity contribution in [3.63, 3.8) is 0 Å². The molecule has 6 aromatic rings. The summed E-state index contributed by atoms with van der Waals surface area (Å²) in [6, 6.07) is 16.9. The highest BCUT2D eigenvalue weighted by atomic mass is 32.2. The third-order valence-electron chi connectivity index (χ3n) is 9.06. The number of hydrogen-bond donors (Lipinski definition) is 0. The molecule has 242 valence electrons. The molecule has 7 rings (SSSR count). The Labute approximate surface area is 273 Å². The lowest BCUT2D eigenvalue weighted by Gasteiger charge is -2.42. The summed E-state index contributed by atoms with van der Waals surface area (Å²) >= 11 is 0. The molecule has 0 spiro atoms. The van der Waals surface area contributed by atoms with Crippen molar-refractivity contribution in [2.75, 3.05) is 29.9 Å². The second-order valence-corrected chi connectivity index (χ2v) is 15.7. The number of piperidine rings is 1. The fourth-order valence-corrected chi connectivity index (χ4v) is 8.90. The van der Waals surface area contributed by atoms with Crippen LogP contribution in [-0.4, -0.2) is 70.9 Å². The van der Waals surface area contributed by atoms with Crippen LogP contribution in [0.1, 0.15) is 24.5 Å². The van der Waals surface area contributed by atoms with Crippen molar-refractivity contribution in [2.45, 2.75) is 43.0 Å². The molecule has 0 saturated carbocycles. The van der Waals surface area contributed by atoms with Gasteiger partial charge in [-0.2, -0.15) is 0 Å². The smallest absolute Gasteiger partial charge is 0.269 e. The van der Waals surface area contributed by atoms with Gasteiger partial charge < -0.3 is 9.80 Å². The van der Waals surface area contributed by atoms with Gasteiger partial charge in [-0.05, 0) is 62.6 Å².